The van der Waals surface area contributed by atoms with Crippen LogP contribution in [0.5, 0.6) is 0 Å². The molecule has 2 N–H and O–H groups in total. The number of halogens is 1. The van der Waals surface area contributed by atoms with Crippen LogP contribution in [0.3, 0.4) is 0 Å². The van der Waals surface area contributed by atoms with Gasteiger partial charge in [-0.25, -0.2) is 9.97 Å². The second-order valence-electron chi connectivity index (χ2n) is 4.57. The van der Waals surface area contributed by atoms with E-state index in [1.807, 2.05) is 30.3 Å². The molecule has 1 heterocycles. The standard InChI is InChI=1S/C15H17ClN4/c1-3-10(2)18-14-12(9-17)13(19-15(16)20-14)11-7-5-4-6-8-11/h4-10,17H,3H2,1-2H3,(H,18,19,20). The Labute approximate surface area is 123 Å². The van der Waals surface area contributed by atoms with E-state index >= 15 is 0 Å². The number of nitrogens with zero attached hydrogens (tertiary/aromatic N) is 2. The van der Waals surface area contributed by atoms with Crippen LogP contribution in [0.25, 0.3) is 11.3 Å². The molecule has 20 heavy (non-hydrogen) atoms. The van der Waals surface area contributed by atoms with Crippen LogP contribution < -0.4 is 5.32 Å². The van der Waals surface area contributed by atoms with Crippen LogP contribution in [0.4, 0.5) is 5.82 Å². The van der Waals surface area contributed by atoms with E-state index in [1.54, 1.807) is 0 Å². The van der Waals surface area contributed by atoms with E-state index in [0.717, 1.165) is 12.0 Å². The van der Waals surface area contributed by atoms with Crippen LogP contribution >= 0.6 is 11.6 Å². The minimum Gasteiger partial charge on any atom is -0.367 e. The summed E-state index contributed by atoms with van der Waals surface area (Å²) in [5.41, 5.74) is 2.25. The van der Waals surface area contributed by atoms with Gasteiger partial charge in [-0.3, -0.25) is 0 Å². The number of hydrogen-bond donors (Lipinski definition) is 2. The van der Waals surface area contributed by atoms with Crippen molar-refractivity contribution >= 4 is 23.6 Å². The lowest BCUT2D eigenvalue weighted by Crippen LogP contribution is -2.17. The summed E-state index contributed by atoms with van der Waals surface area (Å²) < 4.78 is 0. The van der Waals surface area contributed by atoms with Gasteiger partial charge >= 0.3 is 0 Å². The van der Waals surface area contributed by atoms with E-state index in [4.69, 9.17) is 17.0 Å². The van der Waals surface area contributed by atoms with Crippen molar-refractivity contribution in [2.24, 2.45) is 0 Å². The van der Waals surface area contributed by atoms with Gasteiger partial charge in [-0.1, -0.05) is 37.3 Å². The molecule has 104 valence electrons. The first kappa shape index (κ1) is 14.5. The Morgan fingerprint density at radius 2 is 2.00 bits per heavy atom. The van der Waals surface area contributed by atoms with Gasteiger partial charge in [-0.05, 0) is 24.9 Å². The molecule has 0 saturated heterocycles. The SMILES string of the molecule is CCC(C)Nc1nc(Cl)nc(-c2ccccc2)c1C=N. The highest BCUT2D eigenvalue weighted by atomic mass is 35.5. The summed E-state index contributed by atoms with van der Waals surface area (Å²) >= 11 is 6.02. The summed E-state index contributed by atoms with van der Waals surface area (Å²) in [4.78, 5) is 8.48. The maximum absolute atomic E-state index is 7.66. The van der Waals surface area contributed by atoms with Gasteiger partial charge in [0, 0.05) is 17.8 Å². The van der Waals surface area contributed by atoms with Gasteiger partial charge < -0.3 is 10.7 Å². The van der Waals surface area contributed by atoms with Crippen molar-refractivity contribution in [1.29, 1.82) is 5.41 Å². The second kappa shape index (κ2) is 6.48. The van der Waals surface area contributed by atoms with Crippen LogP contribution in [-0.2, 0) is 0 Å². The lowest BCUT2D eigenvalue weighted by atomic mass is 10.1. The molecule has 1 aromatic heterocycles. The summed E-state index contributed by atoms with van der Waals surface area (Å²) in [5.74, 6) is 0.605. The van der Waals surface area contributed by atoms with Gasteiger partial charge in [0.2, 0.25) is 5.28 Å². The highest BCUT2D eigenvalue weighted by Crippen LogP contribution is 2.27. The first-order chi connectivity index (χ1) is 9.65. The van der Waals surface area contributed by atoms with Crippen LogP contribution in [0.2, 0.25) is 5.28 Å². The minimum atomic E-state index is 0.181. The van der Waals surface area contributed by atoms with Crippen molar-refractivity contribution in [3.8, 4) is 11.3 Å². The van der Waals surface area contributed by atoms with Crippen molar-refractivity contribution in [3.05, 3.63) is 41.2 Å². The van der Waals surface area contributed by atoms with Crippen molar-refractivity contribution in [2.45, 2.75) is 26.3 Å². The topological polar surface area (TPSA) is 61.7 Å². The molecule has 0 bridgehead atoms. The van der Waals surface area contributed by atoms with Crippen molar-refractivity contribution in [3.63, 3.8) is 0 Å². The molecule has 0 fully saturated rings. The third-order valence-electron chi connectivity index (χ3n) is 3.11. The average Bonchev–Trinajstić information content (AvgIpc) is 2.47. The summed E-state index contributed by atoms with van der Waals surface area (Å²) in [6.45, 7) is 4.15. The van der Waals surface area contributed by atoms with Crippen molar-refractivity contribution in [1.82, 2.24) is 9.97 Å². The molecule has 0 saturated carbocycles. The minimum absolute atomic E-state index is 0.181. The lowest BCUT2D eigenvalue weighted by molar-refractivity contribution is 0.758. The predicted octanol–water partition coefficient (Wildman–Crippen LogP) is 4.01. The van der Waals surface area contributed by atoms with Crippen LogP contribution in [-0.4, -0.2) is 22.2 Å². The summed E-state index contributed by atoms with van der Waals surface area (Å²) in [5, 5.41) is 11.1. The van der Waals surface area contributed by atoms with E-state index in [1.165, 1.54) is 6.21 Å². The van der Waals surface area contributed by atoms with Gasteiger partial charge in [-0.15, -0.1) is 0 Å². The molecule has 1 atom stereocenters. The monoisotopic (exact) mass is 288 g/mol. The van der Waals surface area contributed by atoms with E-state index in [0.29, 0.717) is 17.1 Å². The van der Waals surface area contributed by atoms with Crippen LogP contribution in [0.15, 0.2) is 30.3 Å². The van der Waals surface area contributed by atoms with E-state index in [9.17, 15) is 0 Å². The maximum Gasteiger partial charge on any atom is 0.224 e. The molecular weight excluding hydrogens is 272 g/mol. The van der Waals surface area contributed by atoms with E-state index in [-0.39, 0.29) is 11.3 Å². The zero-order valence-corrected chi connectivity index (χ0v) is 12.3. The highest BCUT2D eigenvalue weighted by Gasteiger charge is 2.14. The molecule has 2 rings (SSSR count). The Bertz CT molecular complexity index is 598. The number of hydrogen-bond acceptors (Lipinski definition) is 4. The maximum atomic E-state index is 7.66. The Hall–Kier alpha value is -1.94. The third kappa shape index (κ3) is 3.14. The largest absolute Gasteiger partial charge is 0.367 e. The highest BCUT2D eigenvalue weighted by molar-refractivity contribution is 6.28. The fourth-order valence-electron chi connectivity index (χ4n) is 1.84. The normalized spacial score (nSPS) is 11.9. The molecule has 0 aliphatic heterocycles. The Morgan fingerprint density at radius 3 is 2.60 bits per heavy atom. The number of nitrogens with one attached hydrogen (secondary N) is 2. The van der Waals surface area contributed by atoms with Gasteiger partial charge in [0.25, 0.3) is 0 Å². The fraction of sp³-hybridized carbons (Fsp3) is 0.267. The number of benzene rings is 1. The van der Waals surface area contributed by atoms with Crippen LogP contribution in [0, 0.1) is 5.41 Å². The van der Waals surface area contributed by atoms with Crippen molar-refractivity contribution < 1.29 is 0 Å². The lowest BCUT2D eigenvalue weighted by Gasteiger charge is -2.16. The Balaban J connectivity index is 2.54. The zero-order valence-electron chi connectivity index (χ0n) is 11.5. The average molecular weight is 289 g/mol. The molecule has 4 nitrogen and oxygen atoms in total. The molecule has 2 aromatic rings. The molecule has 1 unspecified atom stereocenters. The Kier molecular flexibility index (Phi) is 4.69. The summed E-state index contributed by atoms with van der Waals surface area (Å²) in [7, 11) is 0. The number of anilines is 1. The molecule has 0 radical (unpaired) electrons. The van der Waals surface area contributed by atoms with Gasteiger partial charge in [-0.2, -0.15) is 0 Å². The summed E-state index contributed by atoms with van der Waals surface area (Å²) in [6, 6.07) is 9.94. The second-order valence-corrected chi connectivity index (χ2v) is 4.91. The first-order valence-electron chi connectivity index (χ1n) is 6.55. The number of rotatable bonds is 5. The molecule has 0 aliphatic rings. The quantitative estimate of drug-likeness (QED) is 0.645. The van der Waals surface area contributed by atoms with Gasteiger partial charge in [0.1, 0.15) is 5.82 Å². The molecule has 0 amide bonds. The molecule has 1 aromatic carbocycles. The molecule has 5 heteroatoms. The van der Waals surface area contributed by atoms with E-state index < -0.39 is 0 Å². The van der Waals surface area contributed by atoms with Gasteiger partial charge in [0.05, 0.1) is 11.3 Å². The molecule has 0 aliphatic carbocycles. The third-order valence-corrected chi connectivity index (χ3v) is 3.27. The summed E-state index contributed by atoms with van der Waals surface area (Å²) in [6.07, 6.45) is 2.23. The number of aromatic nitrogens is 2. The van der Waals surface area contributed by atoms with Crippen LogP contribution in [0.1, 0.15) is 25.8 Å². The molecule has 0 spiro atoms. The first-order valence-corrected chi connectivity index (χ1v) is 6.93. The Morgan fingerprint density at radius 1 is 1.30 bits per heavy atom. The van der Waals surface area contributed by atoms with Crippen molar-refractivity contribution in [2.75, 3.05) is 5.32 Å². The molecular formula is C15H17ClN4. The van der Waals surface area contributed by atoms with Gasteiger partial charge in [0.15, 0.2) is 0 Å². The zero-order chi connectivity index (χ0) is 14.5. The predicted molar refractivity (Wildman–Crippen MR) is 83.7 cm³/mol. The van der Waals surface area contributed by atoms with E-state index in [2.05, 4.69) is 29.1 Å². The fourth-order valence-corrected chi connectivity index (χ4v) is 2.01. The smallest absolute Gasteiger partial charge is 0.224 e.